The number of fused-ring (bicyclic) bond motifs is 1. The Hall–Kier alpha value is -1.61. The van der Waals surface area contributed by atoms with Gasteiger partial charge in [-0.1, -0.05) is 32.0 Å². The molecule has 20 heavy (non-hydrogen) atoms. The van der Waals surface area contributed by atoms with Crippen LogP contribution in [0.5, 0.6) is 5.75 Å². The van der Waals surface area contributed by atoms with Crippen LogP contribution in [0, 0.1) is 5.41 Å². The summed E-state index contributed by atoms with van der Waals surface area (Å²) in [7, 11) is 0. The van der Waals surface area contributed by atoms with E-state index in [0.717, 1.165) is 35.9 Å². The molecule has 2 atom stereocenters. The summed E-state index contributed by atoms with van der Waals surface area (Å²) in [4.78, 5) is 4.40. The average Bonchev–Trinajstić information content (AvgIpc) is 2.44. The van der Waals surface area contributed by atoms with Gasteiger partial charge in [0.15, 0.2) is 0 Å². The van der Waals surface area contributed by atoms with Crippen LogP contribution < -0.4 is 4.74 Å². The molecule has 3 heteroatoms. The van der Waals surface area contributed by atoms with E-state index in [4.69, 9.17) is 4.74 Å². The van der Waals surface area contributed by atoms with Gasteiger partial charge in [-0.05, 0) is 36.8 Å². The van der Waals surface area contributed by atoms with Gasteiger partial charge in [-0.25, -0.2) is 0 Å². The zero-order valence-electron chi connectivity index (χ0n) is 12.0. The number of hydrogen-bond donors (Lipinski definition) is 1. The predicted octanol–water partition coefficient (Wildman–Crippen LogP) is 3.55. The van der Waals surface area contributed by atoms with Crippen LogP contribution in [0.25, 0.3) is 10.9 Å². The van der Waals surface area contributed by atoms with Crippen molar-refractivity contribution in [1.29, 1.82) is 0 Å². The van der Waals surface area contributed by atoms with E-state index >= 15 is 0 Å². The topological polar surface area (TPSA) is 42.4 Å². The molecular formula is C17H21NO2. The van der Waals surface area contributed by atoms with Crippen molar-refractivity contribution in [1.82, 2.24) is 4.98 Å². The van der Waals surface area contributed by atoms with Crippen molar-refractivity contribution in [3.8, 4) is 5.75 Å². The molecular weight excluding hydrogens is 250 g/mol. The Balaban J connectivity index is 1.90. The van der Waals surface area contributed by atoms with Gasteiger partial charge < -0.3 is 9.84 Å². The van der Waals surface area contributed by atoms with Crippen LogP contribution in [0.15, 0.2) is 36.5 Å². The number of hydrogen-bond acceptors (Lipinski definition) is 3. The molecule has 0 radical (unpaired) electrons. The minimum Gasteiger partial charge on any atom is -0.485 e. The van der Waals surface area contributed by atoms with Gasteiger partial charge in [0, 0.05) is 11.6 Å². The van der Waals surface area contributed by atoms with Crippen LogP contribution in [0.4, 0.5) is 0 Å². The van der Waals surface area contributed by atoms with E-state index in [9.17, 15) is 5.11 Å². The molecule has 1 fully saturated rings. The molecule has 0 aliphatic heterocycles. The zero-order chi connectivity index (χ0) is 14.2. The van der Waals surface area contributed by atoms with Gasteiger partial charge in [-0.3, -0.25) is 4.98 Å². The van der Waals surface area contributed by atoms with Crippen molar-refractivity contribution >= 4 is 10.9 Å². The molecule has 0 spiro atoms. The predicted molar refractivity (Wildman–Crippen MR) is 79.8 cm³/mol. The van der Waals surface area contributed by atoms with Crippen molar-refractivity contribution in [2.75, 3.05) is 0 Å². The lowest BCUT2D eigenvalue weighted by Gasteiger charge is -2.40. The Morgan fingerprint density at radius 1 is 1.25 bits per heavy atom. The Kier molecular flexibility index (Phi) is 3.38. The lowest BCUT2D eigenvalue weighted by atomic mass is 9.73. The van der Waals surface area contributed by atoms with Crippen molar-refractivity contribution < 1.29 is 9.84 Å². The molecule has 1 heterocycles. The molecule has 1 aromatic carbocycles. The molecule has 1 N–H and O–H groups in total. The van der Waals surface area contributed by atoms with E-state index in [-0.39, 0.29) is 11.5 Å². The third-order valence-corrected chi connectivity index (χ3v) is 4.34. The number of ether oxygens (including phenoxy) is 1. The largest absolute Gasteiger partial charge is 0.485 e. The first-order valence-electron chi connectivity index (χ1n) is 7.26. The first-order chi connectivity index (χ1) is 9.58. The van der Waals surface area contributed by atoms with Crippen LogP contribution in [0.3, 0.4) is 0 Å². The van der Waals surface area contributed by atoms with Crippen LogP contribution in [0.2, 0.25) is 0 Å². The van der Waals surface area contributed by atoms with E-state index in [1.54, 1.807) is 6.20 Å². The van der Waals surface area contributed by atoms with Crippen LogP contribution in [-0.2, 0) is 0 Å². The van der Waals surface area contributed by atoms with Gasteiger partial charge in [-0.15, -0.1) is 0 Å². The molecule has 3 rings (SSSR count). The second kappa shape index (κ2) is 5.06. The molecule has 3 nitrogen and oxygen atoms in total. The zero-order valence-corrected chi connectivity index (χ0v) is 12.0. The number of aliphatic hydroxyl groups is 1. The van der Waals surface area contributed by atoms with Gasteiger partial charge in [-0.2, -0.15) is 0 Å². The highest BCUT2D eigenvalue weighted by Gasteiger charge is 2.39. The van der Waals surface area contributed by atoms with E-state index in [1.165, 1.54) is 0 Å². The molecule has 2 aromatic rings. The summed E-state index contributed by atoms with van der Waals surface area (Å²) >= 11 is 0. The van der Waals surface area contributed by atoms with E-state index in [0.29, 0.717) is 0 Å². The third kappa shape index (κ3) is 2.38. The molecule has 106 valence electrons. The van der Waals surface area contributed by atoms with E-state index in [1.807, 2.05) is 30.3 Å². The highest BCUT2D eigenvalue weighted by Crippen LogP contribution is 2.38. The monoisotopic (exact) mass is 271 g/mol. The second-order valence-corrected chi connectivity index (χ2v) is 6.31. The Morgan fingerprint density at radius 3 is 2.90 bits per heavy atom. The highest BCUT2D eigenvalue weighted by molar-refractivity contribution is 5.84. The number of rotatable bonds is 2. The highest BCUT2D eigenvalue weighted by atomic mass is 16.5. The number of pyridine rings is 1. The second-order valence-electron chi connectivity index (χ2n) is 6.31. The Morgan fingerprint density at radius 2 is 2.05 bits per heavy atom. The van der Waals surface area contributed by atoms with Crippen molar-refractivity contribution in [2.45, 2.75) is 45.3 Å². The summed E-state index contributed by atoms with van der Waals surface area (Å²) in [6.45, 7) is 4.21. The smallest absolute Gasteiger partial charge is 0.146 e. The van der Waals surface area contributed by atoms with Crippen LogP contribution >= 0.6 is 0 Å². The SMILES string of the molecule is CC1(C)CCCC(Oc2cccc3cccnc23)C1O. The molecule has 1 aliphatic carbocycles. The van der Waals surface area contributed by atoms with E-state index < -0.39 is 6.10 Å². The fourth-order valence-electron chi connectivity index (χ4n) is 3.03. The summed E-state index contributed by atoms with van der Waals surface area (Å²) in [6, 6.07) is 9.88. The van der Waals surface area contributed by atoms with Gasteiger partial charge >= 0.3 is 0 Å². The maximum absolute atomic E-state index is 10.5. The summed E-state index contributed by atoms with van der Waals surface area (Å²) in [5.41, 5.74) is 0.784. The van der Waals surface area contributed by atoms with Crippen LogP contribution in [-0.4, -0.2) is 22.3 Å². The number of aliphatic hydroxyl groups excluding tert-OH is 1. The molecule has 0 amide bonds. The van der Waals surface area contributed by atoms with Gasteiger partial charge in [0.2, 0.25) is 0 Å². The molecule has 2 unspecified atom stereocenters. The van der Waals surface area contributed by atoms with Gasteiger partial charge in [0.1, 0.15) is 17.4 Å². The molecule has 1 aromatic heterocycles. The minimum atomic E-state index is -0.435. The normalized spacial score (nSPS) is 25.6. The summed E-state index contributed by atoms with van der Waals surface area (Å²) in [5.74, 6) is 0.768. The quantitative estimate of drug-likeness (QED) is 0.908. The minimum absolute atomic E-state index is 0.0824. The molecule has 1 aliphatic rings. The lowest BCUT2D eigenvalue weighted by Crippen LogP contribution is -2.46. The fourth-order valence-corrected chi connectivity index (χ4v) is 3.03. The Bertz CT molecular complexity index is 603. The average molecular weight is 271 g/mol. The molecule has 1 saturated carbocycles. The molecule has 0 bridgehead atoms. The van der Waals surface area contributed by atoms with E-state index in [2.05, 4.69) is 18.8 Å². The summed E-state index contributed by atoms with van der Waals surface area (Å²) < 4.78 is 6.10. The number of nitrogens with zero attached hydrogens (tertiary/aromatic N) is 1. The van der Waals surface area contributed by atoms with Crippen molar-refractivity contribution in [3.63, 3.8) is 0 Å². The van der Waals surface area contributed by atoms with Crippen LogP contribution in [0.1, 0.15) is 33.1 Å². The van der Waals surface area contributed by atoms with Crippen molar-refractivity contribution in [3.05, 3.63) is 36.5 Å². The number of para-hydroxylation sites is 1. The maximum atomic E-state index is 10.5. The number of benzene rings is 1. The summed E-state index contributed by atoms with van der Waals surface area (Å²) in [5, 5.41) is 11.5. The summed E-state index contributed by atoms with van der Waals surface area (Å²) in [6.07, 6.45) is 4.22. The first-order valence-corrected chi connectivity index (χ1v) is 7.26. The van der Waals surface area contributed by atoms with Gasteiger partial charge in [0.05, 0.1) is 6.10 Å². The standard InChI is InChI=1S/C17H21NO2/c1-17(2)10-4-9-14(16(17)19)20-13-8-3-6-12-7-5-11-18-15(12)13/h3,5-8,11,14,16,19H,4,9-10H2,1-2H3. The Labute approximate surface area is 119 Å². The maximum Gasteiger partial charge on any atom is 0.146 e. The third-order valence-electron chi connectivity index (χ3n) is 4.34. The number of aromatic nitrogens is 1. The first kappa shape index (κ1) is 13.4. The molecule has 0 saturated heterocycles. The fraction of sp³-hybridized carbons (Fsp3) is 0.471. The van der Waals surface area contributed by atoms with Gasteiger partial charge in [0.25, 0.3) is 0 Å². The van der Waals surface area contributed by atoms with Crippen molar-refractivity contribution in [2.24, 2.45) is 5.41 Å². The lowest BCUT2D eigenvalue weighted by molar-refractivity contribution is -0.0685.